The van der Waals surface area contributed by atoms with Crippen LogP contribution in [0.25, 0.3) is 6.08 Å². The van der Waals surface area contributed by atoms with Gasteiger partial charge in [0.2, 0.25) is 0 Å². The lowest BCUT2D eigenvalue weighted by molar-refractivity contribution is -0.146. The molecule has 2 aromatic rings. The number of carbonyl (C=O) groups excluding carboxylic acids is 2. The average molecular weight is 399 g/mol. The number of aryl methyl sites for hydroxylation is 1. The Labute approximate surface area is 167 Å². The molecule has 0 radical (unpaired) electrons. The smallest absolute Gasteiger partial charge is 0.290 e. The highest BCUT2D eigenvalue weighted by atomic mass is 35.5. The predicted molar refractivity (Wildman–Crippen MR) is 107 cm³/mol. The number of benzene rings is 2. The minimum atomic E-state index is -0.908. The van der Waals surface area contributed by atoms with Crippen molar-refractivity contribution < 1.29 is 19.4 Å². The summed E-state index contributed by atoms with van der Waals surface area (Å²) in [6, 6.07) is 11.4. The molecule has 1 aliphatic heterocycles. The Bertz CT molecular complexity index is 996. The Morgan fingerprint density at radius 1 is 1.21 bits per heavy atom. The largest absolute Gasteiger partial charge is 0.508 e. The van der Waals surface area contributed by atoms with E-state index in [1.54, 1.807) is 50.3 Å². The molecule has 0 aliphatic carbocycles. The molecule has 28 heavy (non-hydrogen) atoms. The van der Waals surface area contributed by atoms with Gasteiger partial charge < -0.3 is 9.84 Å². The van der Waals surface area contributed by atoms with Crippen LogP contribution in [0.2, 0.25) is 5.02 Å². The summed E-state index contributed by atoms with van der Waals surface area (Å²) < 4.78 is 5.66. The molecule has 0 fully saturated rings. The zero-order valence-corrected chi connectivity index (χ0v) is 16.4. The summed E-state index contributed by atoms with van der Waals surface area (Å²) >= 11 is 6.00. The number of phenolic OH excluding ortho intramolecular Hbond substituents is 1. The van der Waals surface area contributed by atoms with Gasteiger partial charge in [-0.05, 0) is 68.3 Å². The number of hydrogen-bond donors (Lipinski definition) is 1. The van der Waals surface area contributed by atoms with Crippen LogP contribution in [-0.2, 0) is 9.59 Å². The number of aromatic hydroxyl groups is 1. The molecule has 0 saturated carbocycles. The SMILES string of the molecule is CC1=NN(C(=O)C(C)Oc2ccc(Cl)c(C)c2)C(=O)/C1=C\c1ccc(O)cc1. The van der Waals surface area contributed by atoms with Gasteiger partial charge in [0.15, 0.2) is 6.10 Å². The van der Waals surface area contributed by atoms with Crippen molar-refractivity contribution in [1.29, 1.82) is 0 Å². The first-order valence-electron chi connectivity index (χ1n) is 8.63. The molecule has 0 saturated heterocycles. The lowest BCUT2D eigenvalue weighted by Crippen LogP contribution is -2.39. The topological polar surface area (TPSA) is 79.2 Å². The van der Waals surface area contributed by atoms with E-state index in [9.17, 15) is 14.7 Å². The lowest BCUT2D eigenvalue weighted by atomic mass is 10.1. The van der Waals surface area contributed by atoms with Crippen molar-refractivity contribution in [1.82, 2.24) is 5.01 Å². The summed E-state index contributed by atoms with van der Waals surface area (Å²) in [5, 5.41) is 14.9. The van der Waals surface area contributed by atoms with Crippen molar-refractivity contribution in [3.05, 3.63) is 64.2 Å². The molecule has 0 bridgehead atoms. The maximum atomic E-state index is 12.7. The Morgan fingerprint density at radius 3 is 2.54 bits per heavy atom. The molecule has 2 amide bonds. The van der Waals surface area contributed by atoms with E-state index >= 15 is 0 Å². The van der Waals surface area contributed by atoms with Crippen LogP contribution in [0.3, 0.4) is 0 Å². The lowest BCUT2D eigenvalue weighted by Gasteiger charge is -2.18. The summed E-state index contributed by atoms with van der Waals surface area (Å²) in [5.74, 6) is -0.468. The standard InChI is InChI=1S/C21H19ClN2O4/c1-12-10-17(8-9-19(12)22)28-14(3)20(26)24-21(27)18(13(2)23-24)11-15-4-6-16(25)7-5-15/h4-11,14,25H,1-3H3/b18-11-. The van der Waals surface area contributed by atoms with E-state index in [-0.39, 0.29) is 5.75 Å². The van der Waals surface area contributed by atoms with Gasteiger partial charge in [0.1, 0.15) is 11.5 Å². The summed E-state index contributed by atoms with van der Waals surface area (Å²) in [4.78, 5) is 25.4. The van der Waals surface area contributed by atoms with E-state index in [4.69, 9.17) is 16.3 Å². The second-order valence-corrected chi connectivity index (χ2v) is 6.87. The molecule has 1 heterocycles. The van der Waals surface area contributed by atoms with Gasteiger partial charge in [-0.2, -0.15) is 10.1 Å². The van der Waals surface area contributed by atoms with Crippen molar-refractivity contribution in [2.45, 2.75) is 26.9 Å². The monoisotopic (exact) mass is 398 g/mol. The quantitative estimate of drug-likeness (QED) is 0.791. The first kappa shape index (κ1) is 19.6. The molecule has 6 nitrogen and oxygen atoms in total. The molecule has 7 heteroatoms. The van der Waals surface area contributed by atoms with Gasteiger partial charge in [-0.1, -0.05) is 23.7 Å². The third-order valence-corrected chi connectivity index (χ3v) is 4.69. The Balaban J connectivity index is 1.76. The van der Waals surface area contributed by atoms with Crippen molar-refractivity contribution in [2.24, 2.45) is 5.10 Å². The van der Waals surface area contributed by atoms with Crippen molar-refractivity contribution in [3.8, 4) is 11.5 Å². The number of carbonyl (C=O) groups is 2. The van der Waals surface area contributed by atoms with Gasteiger partial charge in [-0.15, -0.1) is 0 Å². The van der Waals surface area contributed by atoms with Crippen molar-refractivity contribution in [2.75, 3.05) is 0 Å². The molecule has 2 aromatic carbocycles. The third kappa shape index (κ3) is 4.07. The fraction of sp³-hybridized carbons (Fsp3) is 0.190. The highest BCUT2D eigenvalue weighted by molar-refractivity contribution is 6.31. The van der Waals surface area contributed by atoms with E-state index in [0.29, 0.717) is 27.6 Å². The fourth-order valence-corrected chi connectivity index (χ4v) is 2.81. The molecule has 1 atom stereocenters. The van der Waals surface area contributed by atoms with E-state index in [1.165, 1.54) is 12.1 Å². The molecule has 144 valence electrons. The highest BCUT2D eigenvalue weighted by Gasteiger charge is 2.35. The van der Waals surface area contributed by atoms with Gasteiger partial charge in [-0.3, -0.25) is 9.59 Å². The minimum absolute atomic E-state index is 0.130. The number of phenols is 1. The van der Waals surface area contributed by atoms with Crippen LogP contribution >= 0.6 is 11.6 Å². The summed E-state index contributed by atoms with van der Waals surface area (Å²) in [6.45, 7) is 5.05. The fourth-order valence-electron chi connectivity index (χ4n) is 2.69. The van der Waals surface area contributed by atoms with E-state index in [2.05, 4.69) is 5.10 Å². The molecule has 0 aromatic heterocycles. The van der Waals surface area contributed by atoms with Crippen molar-refractivity contribution >= 4 is 35.2 Å². The van der Waals surface area contributed by atoms with Crippen LogP contribution in [0, 0.1) is 6.92 Å². The Kier molecular flexibility index (Phi) is 5.51. The molecule has 1 N–H and O–H groups in total. The molecule has 1 unspecified atom stereocenters. The number of amides is 2. The van der Waals surface area contributed by atoms with E-state index in [0.717, 1.165) is 10.6 Å². The van der Waals surface area contributed by atoms with Gasteiger partial charge in [0.05, 0.1) is 11.3 Å². The number of nitrogens with zero attached hydrogens (tertiary/aromatic N) is 2. The predicted octanol–water partition coefficient (Wildman–Crippen LogP) is 3.95. The first-order valence-corrected chi connectivity index (χ1v) is 9.01. The Hall–Kier alpha value is -3.12. The second-order valence-electron chi connectivity index (χ2n) is 6.46. The first-order chi connectivity index (χ1) is 13.3. The van der Waals surface area contributed by atoms with Gasteiger partial charge in [0, 0.05) is 5.02 Å². The molecular weight excluding hydrogens is 380 g/mol. The van der Waals surface area contributed by atoms with Crippen LogP contribution in [0.15, 0.2) is 53.1 Å². The second kappa shape index (κ2) is 7.86. The number of imide groups is 1. The number of hydrazone groups is 1. The summed E-state index contributed by atoms with van der Waals surface area (Å²) in [6.07, 6.45) is 0.719. The number of hydrogen-bond acceptors (Lipinski definition) is 5. The van der Waals surface area contributed by atoms with E-state index in [1.807, 2.05) is 6.92 Å². The normalized spacial score (nSPS) is 16.3. The van der Waals surface area contributed by atoms with Crippen LogP contribution in [-0.4, -0.2) is 33.7 Å². The number of rotatable bonds is 4. The third-order valence-electron chi connectivity index (χ3n) is 4.27. The van der Waals surface area contributed by atoms with Crippen LogP contribution in [0.4, 0.5) is 0 Å². The van der Waals surface area contributed by atoms with Gasteiger partial charge >= 0.3 is 0 Å². The average Bonchev–Trinajstić information content (AvgIpc) is 2.94. The highest BCUT2D eigenvalue weighted by Crippen LogP contribution is 2.24. The van der Waals surface area contributed by atoms with Crippen LogP contribution in [0.1, 0.15) is 25.0 Å². The summed E-state index contributed by atoms with van der Waals surface area (Å²) in [7, 11) is 0. The van der Waals surface area contributed by atoms with Gasteiger partial charge in [0.25, 0.3) is 11.8 Å². The number of halogens is 1. The zero-order chi connectivity index (χ0) is 20.4. The molecule has 1 aliphatic rings. The molecule has 0 spiro atoms. The molecule has 3 rings (SSSR count). The molecular formula is C21H19ClN2O4. The minimum Gasteiger partial charge on any atom is -0.508 e. The Morgan fingerprint density at radius 2 is 1.89 bits per heavy atom. The van der Waals surface area contributed by atoms with E-state index < -0.39 is 17.9 Å². The summed E-state index contributed by atoms with van der Waals surface area (Å²) in [5.41, 5.74) is 2.28. The maximum absolute atomic E-state index is 12.7. The van der Waals surface area contributed by atoms with Crippen molar-refractivity contribution in [3.63, 3.8) is 0 Å². The van der Waals surface area contributed by atoms with Gasteiger partial charge in [-0.25, -0.2) is 0 Å². The van der Waals surface area contributed by atoms with Crippen LogP contribution < -0.4 is 4.74 Å². The maximum Gasteiger partial charge on any atom is 0.290 e. The zero-order valence-electron chi connectivity index (χ0n) is 15.6. The van der Waals surface area contributed by atoms with Crippen LogP contribution in [0.5, 0.6) is 11.5 Å². The number of ether oxygens (including phenoxy) is 1.